The minimum atomic E-state index is 0.398. The summed E-state index contributed by atoms with van der Waals surface area (Å²) in [7, 11) is 2.17. The molecule has 1 heterocycles. The van der Waals surface area contributed by atoms with Crippen molar-refractivity contribution in [2.75, 3.05) is 51.7 Å². The third-order valence-electron chi connectivity index (χ3n) is 2.74. The first kappa shape index (κ1) is 13.4. The van der Waals surface area contributed by atoms with Crippen LogP contribution in [0, 0.1) is 0 Å². The van der Waals surface area contributed by atoms with Gasteiger partial charge in [-0.05, 0) is 20.0 Å². The van der Waals surface area contributed by atoms with E-state index in [1.54, 1.807) is 0 Å². The fraction of sp³-hybridized carbons (Fsp3) is 1.00. The first-order valence-corrected chi connectivity index (χ1v) is 6.97. The van der Waals surface area contributed by atoms with Gasteiger partial charge in [-0.1, -0.05) is 22.9 Å². The fourth-order valence-electron chi connectivity index (χ4n) is 2.00. The maximum atomic E-state index is 5.77. The van der Waals surface area contributed by atoms with Gasteiger partial charge in [0.2, 0.25) is 0 Å². The van der Waals surface area contributed by atoms with Crippen LogP contribution in [0.2, 0.25) is 0 Å². The smallest absolute Gasteiger partial charge is 0.0829 e. The molecule has 0 N–H and O–H groups in total. The lowest BCUT2D eigenvalue weighted by Gasteiger charge is -2.33. The van der Waals surface area contributed by atoms with Crippen molar-refractivity contribution >= 4 is 15.9 Å². The molecule has 1 unspecified atom stereocenters. The maximum Gasteiger partial charge on any atom is 0.0829 e. The van der Waals surface area contributed by atoms with Crippen LogP contribution in [-0.4, -0.2) is 67.6 Å². The molecule has 1 atom stereocenters. The van der Waals surface area contributed by atoms with Crippen molar-refractivity contribution in [3.63, 3.8) is 0 Å². The summed E-state index contributed by atoms with van der Waals surface area (Å²) in [6.07, 6.45) is 1.62. The molecule has 3 nitrogen and oxygen atoms in total. The Kier molecular flexibility index (Phi) is 6.81. The average Bonchev–Trinajstić information content (AvgIpc) is 2.18. The third-order valence-corrected chi connectivity index (χ3v) is 3.10. The number of halogens is 1. The van der Waals surface area contributed by atoms with Crippen LogP contribution in [-0.2, 0) is 4.74 Å². The minimum Gasteiger partial charge on any atom is -0.374 e. The van der Waals surface area contributed by atoms with E-state index in [0.29, 0.717) is 6.10 Å². The van der Waals surface area contributed by atoms with Gasteiger partial charge in [0, 0.05) is 31.5 Å². The second-order valence-corrected chi connectivity index (χ2v) is 5.04. The highest BCUT2D eigenvalue weighted by Gasteiger charge is 2.19. The van der Waals surface area contributed by atoms with Gasteiger partial charge in [0.25, 0.3) is 0 Å². The van der Waals surface area contributed by atoms with Crippen molar-refractivity contribution in [3.05, 3.63) is 0 Å². The first-order valence-electron chi connectivity index (χ1n) is 5.84. The Balaban J connectivity index is 2.28. The Labute approximate surface area is 102 Å². The van der Waals surface area contributed by atoms with E-state index in [-0.39, 0.29) is 0 Å². The van der Waals surface area contributed by atoms with Gasteiger partial charge in [-0.2, -0.15) is 0 Å². The summed E-state index contributed by atoms with van der Waals surface area (Å²) in [4.78, 5) is 4.84. The normalized spacial score (nSPS) is 23.6. The molecule has 90 valence electrons. The fourth-order valence-corrected chi connectivity index (χ4v) is 2.50. The maximum absolute atomic E-state index is 5.77. The number of hydrogen-bond acceptors (Lipinski definition) is 3. The SMILES string of the molecule is CCCN(CCBr)CC1CN(C)CCO1. The molecule has 0 saturated carbocycles. The molecule has 0 aromatic carbocycles. The summed E-state index contributed by atoms with van der Waals surface area (Å²) in [5.41, 5.74) is 0. The number of morpholine rings is 1. The molecule has 1 saturated heterocycles. The quantitative estimate of drug-likeness (QED) is 0.684. The van der Waals surface area contributed by atoms with Crippen LogP contribution in [0.4, 0.5) is 0 Å². The average molecular weight is 279 g/mol. The van der Waals surface area contributed by atoms with Gasteiger partial charge in [0.05, 0.1) is 12.7 Å². The van der Waals surface area contributed by atoms with Crippen molar-refractivity contribution in [3.8, 4) is 0 Å². The van der Waals surface area contributed by atoms with Gasteiger partial charge in [0.15, 0.2) is 0 Å². The number of likely N-dealkylation sites (N-methyl/N-ethyl adjacent to an activating group) is 1. The van der Waals surface area contributed by atoms with E-state index < -0.39 is 0 Å². The van der Waals surface area contributed by atoms with Crippen molar-refractivity contribution in [1.29, 1.82) is 0 Å². The zero-order valence-electron chi connectivity index (χ0n) is 9.91. The highest BCUT2D eigenvalue weighted by atomic mass is 79.9. The molecule has 0 radical (unpaired) electrons. The molecule has 1 fully saturated rings. The molecule has 0 spiro atoms. The van der Waals surface area contributed by atoms with Crippen LogP contribution in [0.5, 0.6) is 0 Å². The number of nitrogens with zero attached hydrogens (tertiary/aromatic N) is 2. The van der Waals surface area contributed by atoms with Gasteiger partial charge in [-0.3, -0.25) is 4.90 Å². The summed E-state index contributed by atoms with van der Waals surface area (Å²) < 4.78 is 5.77. The summed E-state index contributed by atoms with van der Waals surface area (Å²) in [6, 6.07) is 0. The van der Waals surface area contributed by atoms with Crippen LogP contribution in [0.3, 0.4) is 0 Å². The van der Waals surface area contributed by atoms with Gasteiger partial charge in [-0.15, -0.1) is 0 Å². The Bertz CT molecular complexity index is 160. The Morgan fingerprint density at radius 1 is 1.47 bits per heavy atom. The third kappa shape index (κ3) is 5.29. The number of alkyl halides is 1. The van der Waals surface area contributed by atoms with E-state index in [1.165, 1.54) is 13.0 Å². The molecule has 0 aliphatic carbocycles. The van der Waals surface area contributed by atoms with Crippen molar-refractivity contribution in [2.45, 2.75) is 19.4 Å². The second kappa shape index (κ2) is 7.60. The molecule has 15 heavy (non-hydrogen) atoms. The standard InChI is InChI=1S/C11H23BrN2O/c1-3-5-14(6-4-12)10-11-9-13(2)7-8-15-11/h11H,3-10H2,1-2H3. The molecule has 0 aromatic heterocycles. The Morgan fingerprint density at radius 2 is 2.27 bits per heavy atom. The van der Waals surface area contributed by atoms with Crippen LogP contribution >= 0.6 is 15.9 Å². The van der Waals surface area contributed by atoms with E-state index in [1.807, 2.05) is 0 Å². The lowest BCUT2D eigenvalue weighted by atomic mass is 10.2. The Morgan fingerprint density at radius 3 is 2.87 bits per heavy atom. The van der Waals surface area contributed by atoms with Crippen LogP contribution < -0.4 is 0 Å². The number of ether oxygens (including phenoxy) is 1. The van der Waals surface area contributed by atoms with Crippen molar-refractivity contribution in [1.82, 2.24) is 9.80 Å². The number of hydrogen-bond donors (Lipinski definition) is 0. The first-order chi connectivity index (χ1) is 7.26. The summed E-state index contributed by atoms with van der Waals surface area (Å²) in [6.45, 7) is 8.63. The van der Waals surface area contributed by atoms with Gasteiger partial charge >= 0.3 is 0 Å². The van der Waals surface area contributed by atoms with Gasteiger partial charge in [0.1, 0.15) is 0 Å². The van der Waals surface area contributed by atoms with Crippen molar-refractivity contribution < 1.29 is 4.74 Å². The molecule has 1 rings (SSSR count). The molecular formula is C11H23BrN2O. The molecule has 0 aromatic rings. The van der Waals surface area contributed by atoms with Crippen LogP contribution in [0.15, 0.2) is 0 Å². The second-order valence-electron chi connectivity index (χ2n) is 4.24. The van der Waals surface area contributed by atoms with E-state index >= 15 is 0 Å². The molecule has 1 aliphatic rings. The lowest BCUT2D eigenvalue weighted by Crippen LogP contribution is -2.46. The minimum absolute atomic E-state index is 0.398. The lowest BCUT2D eigenvalue weighted by molar-refractivity contribution is -0.0348. The van der Waals surface area contributed by atoms with Crippen LogP contribution in [0.25, 0.3) is 0 Å². The zero-order valence-corrected chi connectivity index (χ0v) is 11.5. The molecule has 4 heteroatoms. The highest BCUT2D eigenvalue weighted by Crippen LogP contribution is 2.06. The van der Waals surface area contributed by atoms with E-state index in [2.05, 4.69) is 39.7 Å². The Hall–Kier alpha value is 0.360. The monoisotopic (exact) mass is 278 g/mol. The van der Waals surface area contributed by atoms with Gasteiger partial charge in [-0.25, -0.2) is 0 Å². The largest absolute Gasteiger partial charge is 0.374 e. The highest BCUT2D eigenvalue weighted by molar-refractivity contribution is 9.09. The molecule has 0 bridgehead atoms. The molecular weight excluding hydrogens is 256 g/mol. The zero-order chi connectivity index (χ0) is 11.1. The van der Waals surface area contributed by atoms with E-state index in [4.69, 9.17) is 4.74 Å². The van der Waals surface area contributed by atoms with Gasteiger partial charge < -0.3 is 9.64 Å². The topological polar surface area (TPSA) is 15.7 Å². The number of rotatable bonds is 6. The van der Waals surface area contributed by atoms with Crippen LogP contribution in [0.1, 0.15) is 13.3 Å². The molecule has 1 aliphatic heterocycles. The summed E-state index contributed by atoms with van der Waals surface area (Å²) in [5.74, 6) is 0. The predicted molar refractivity (Wildman–Crippen MR) is 67.8 cm³/mol. The van der Waals surface area contributed by atoms with E-state index in [9.17, 15) is 0 Å². The summed E-state index contributed by atoms with van der Waals surface area (Å²) in [5, 5.41) is 1.05. The molecule has 0 amide bonds. The van der Waals surface area contributed by atoms with Crippen molar-refractivity contribution in [2.24, 2.45) is 0 Å². The van der Waals surface area contributed by atoms with E-state index in [0.717, 1.165) is 38.1 Å². The predicted octanol–water partition coefficient (Wildman–Crippen LogP) is 1.42. The summed E-state index contributed by atoms with van der Waals surface area (Å²) >= 11 is 3.50.